The summed E-state index contributed by atoms with van der Waals surface area (Å²) in [4.78, 5) is 11.2. The molecule has 0 aromatic heterocycles. The van der Waals surface area contributed by atoms with Gasteiger partial charge < -0.3 is 0 Å². The minimum absolute atomic E-state index is 0.0214. The van der Waals surface area contributed by atoms with Gasteiger partial charge >= 0.3 is 0 Å². The molecule has 0 radical (unpaired) electrons. The number of hydrogen-bond donors (Lipinski definition) is 0. The van der Waals surface area contributed by atoms with E-state index < -0.39 is 15.3 Å². The number of benzene rings is 1. The first-order valence-corrected chi connectivity index (χ1v) is 8.06. The lowest BCUT2D eigenvalue weighted by molar-refractivity contribution is 0.108. The van der Waals surface area contributed by atoms with E-state index in [1.807, 2.05) is 6.92 Å². The van der Waals surface area contributed by atoms with Crippen molar-refractivity contribution in [2.45, 2.75) is 37.1 Å². The Hall–Kier alpha value is -0.910. The molecule has 1 fully saturated rings. The molecule has 0 amide bonds. The fraction of sp³-hybridized carbons (Fsp3) is 0.462. The Kier molecular flexibility index (Phi) is 4.28. The molecule has 0 N–H and O–H groups in total. The first kappa shape index (κ1) is 14.5. The molecule has 1 unspecified atom stereocenters. The summed E-state index contributed by atoms with van der Waals surface area (Å²) in [6.45, 7) is 2.48. The zero-order valence-corrected chi connectivity index (χ0v) is 12.2. The fourth-order valence-electron chi connectivity index (χ4n) is 2.32. The summed E-state index contributed by atoms with van der Waals surface area (Å²) in [5.74, 6) is 0. The molecule has 1 aliphatic rings. The fourth-order valence-corrected chi connectivity index (χ4v) is 4.15. The Balaban J connectivity index is 2.30. The van der Waals surface area contributed by atoms with Gasteiger partial charge in [-0.05, 0) is 55.6 Å². The number of rotatable bonds is 3. The molecular formula is C13H16ClNO3S. The average molecular weight is 302 g/mol. The molecule has 104 valence electrons. The number of halogens is 1. The van der Waals surface area contributed by atoms with Crippen molar-refractivity contribution in [3.8, 4) is 0 Å². The Bertz CT molecular complexity index is 568. The predicted octanol–water partition coefficient (Wildman–Crippen LogP) is 2.63. The van der Waals surface area contributed by atoms with Crippen molar-refractivity contribution in [1.29, 1.82) is 0 Å². The summed E-state index contributed by atoms with van der Waals surface area (Å²) < 4.78 is 26.5. The average Bonchev–Trinajstić information content (AvgIpc) is 2.39. The molecule has 6 heteroatoms. The van der Waals surface area contributed by atoms with Crippen LogP contribution in [0.5, 0.6) is 0 Å². The second kappa shape index (κ2) is 5.61. The van der Waals surface area contributed by atoms with Crippen molar-refractivity contribution in [1.82, 2.24) is 4.31 Å². The molecule has 0 spiro atoms. The third-order valence-electron chi connectivity index (χ3n) is 3.43. The lowest BCUT2D eigenvalue weighted by atomic mass is 10.1. The quantitative estimate of drug-likeness (QED) is 0.807. The molecule has 1 heterocycles. The zero-order valence-electron chi connectivity index (χ0n) is 10.7. The van der Waals surface area contributed by atoms with Crippen LogP contribution in [0.15, 0.2) is 29.2 Å². The van der Waals surface area contributed by atoms with Crippen LogP contribution in [0.1, 0.15) is 36.5 Å². The molecule has 0 bridgehead atoms. The van der Waals surface area contributed by atoms with Crippen molar-refractivity contribution in [3.05, 3.63) is 29.8 Å². The minimum Gasteiger partial charge on any atom is -0.276 e. The summed E-state index contributed by atoms with van der Waals surface area (Å²) in [6, 6.07) is 5.78. The van der Waals surface area contributed by atoms with Gasteiger partial charge in [0.15, 0.2) is 0 Å². The molecule has 1 saturated heterocycles. The van der Waals surface area contributed by atoms with Crippen LogP contribution < -0.4 is 0 Å². The van der Waals surface area contributed by atoms with Crippen LogP contribution >= 0.6 is 11.6 Å². The maximum Gasteiger partial charge on any atom is 0.252 e. The summed E-state index contributed by atoms with van der Waals surface area (Å²) in [6.07, 6.45) is 2.84. The van der Waals surface area contributed by atoms with E-state index in [0.29, 0.717) is 12.1 Å². The molecule has 2 rings (SSSR count). The second-order valence-corrected chi connectivity index (χ2v) is 6.99. The molecule has 1 atom stereocenters. The van der Waals surface area contributed by atoms with Crippen LogP contribution in [0.2, 0.25) is 0 Å². The first-order chi connectivity index (χ1) is 8.93. The molecule has 19 heavy (non-hydrogen) atoms. The van der Waals surface area contributed by atoms with Crippen molar-refractivity contribution in [2.24, 2.45) is 0 Å². The molecule has 0 aliphatic carbocycles. The van der Waals surface area contributed by atoms with Gasteiger partial charge in [-0.1, -0.05) is 6.42 Å². The van der Waals surface area contributed by atoms with Gasteiger partial charge in [-0.2, -0.15) is 4.31 Å². The highest BCUT2D eigenvalue weighted by molar-refractivity contribution is 7.89. The maximum atomic E-state index is 12.5. The number of piperidine rings is 1. The summed E-state index contributed by atoms with van der Waals surface area (Å²) in [5.41, 5.74) is 0.298. The van der Waals surface area contributed by atoms with Gasteiger partial charge in [0.2, 0.25) is 10.0 Å². The second-order valence-electron chi connectivity index (χ2n) is 4.76. The van der Waals surface area contributed by atoms with Gasteiger partial charge in [0.05, 0.1) is 4.90 Å². The summed E-state index contributed by atoms with van der Waals surface area (Å²) in [5, 5.41) is -0.588. The molecular weight excluding hydrogens is 286 g/mol. The van der Waals surface area contributed by atoms with Gasteiger partial charge in [0.25, 0.3) is 5.24 Å². The third-order valence-corrected chi connectivity index (χ3v) is 5.68. The van der Waals surface area contributed by atoms with Gasteiger partial charge in [0, 0.05) is 18.2 Å². The van der Waals surface area contributed by atoms with E-state index in [0.717, 1.165) is 19.3 Å². The van der Waals surface area contributed by atoms with Gasteiger partial charge in [-0.25, -0.2) is 8.42 Å². The van der Waals surface area contributed by atoms with Crippen LogP contribution in [0.3, 0.4) is 0 Å². The van der Waals surface area contributed by atoms with Crippen molar-refractivity contribution >= 4 is 26.9 Å². The summed E-state index contributed by atoms with van der Waals surface area (Å²) in [7, 11) is -3.47. The number of sulfonamides is 1. The SMILES string of the molecule is CC1CCCCN1S(=O)(=O)c1ccc(C(=O)Cl)cc1. The number of carbonyl (C=O) groups is 1. The van der Waals surface area contributed by atoms with Crippen LogP contribution in [-0.4, -0.2) is 30.6 Å². The highest BCUT2D eigenvalue weighted by Crippen LogP contribution is 2.25. The number of nitrogens with zero attached hydrogens (tertiary/aromatic N) is 1. The van der Waals surface area contributed by atoms with E-state index in [2.05, 4.69) is 0 Å². The van der Waals surface area contributed by atoms with E-state index in [9.17, 15) is 13.2 Å². The maximum absolute atomic E-state index is 12.5. The molecule has 0 saturated carbocycles. The van der Waals surface area contributed by atoms with E-state index in [4.69, 9.17) is 11.6 Å². The van der Waals surface area contributed by atoms with Crippen LogP contribution in [-0.2, 0) is 10.0 Å². The third kappa shape index (κ3) is 2.99. The Labute approximate surface area is 118 Å². The van der Waals surface area contributed by atoms with Crippen LogP contribution in [0.4, 0.5) is 0 Å². The van der Waals surface area contributed by atoms with Crippen LogP contribution in [0, 0.1) is 0 Å². The number of hydrogen-bond acceptors (Lipinski definition) is 3. The standard InChI is InChI=1S/C13H16ClNO3S/c1-10-4-2-3-9-15(10)19(17,18)12-7-5-11(6-8-12)13(14)16/h5-8,10H,2-4,9H2,1H3. The molecule has 1 aromatic carbocycles. The van der Waals surface area contributed by atoms with Gasteiger partial charge in [0.1, 0.15) is 0 Å². The molecule has 4 nitrogen and oxygen atoms in total. The predicted molar refractivity (Wildman–Crippen MR) is 73.8 cm³/mol. The monoisotopic (exact) mass is 301 g/mol. The lowest BCUT2D eigenvalue weighted by Crippen LogP contribution is -2.41. The summed E-state index contributed by atoms with van der Waals surface area (Å²) >= 11 is 5.34. The van der Waals surface area contributed by atoms with E-state index >= 15 is 0 Å². The van der Waals surface area contributed by atoms with Crippen molar-refractivity contribution < 1.29 is 13.2 Å². The normalized spacial score (nSPS) is 21.3. The zero-order chi connectivity index (χ0) is 14.0. The van der Waals surface area contributed by atoms with Gasteiger partial charge in [-0.15, -0.1) is 0 Å². The molecule has 1 aromatic rings. The van der Waals surface area contributed by atoms with Crippen molar-refractivity contribution in [2.75, 3.05) is 6.54 Å². The van der Waals surface area contributed by atoms with Crippen LogP contribution in [0.25, 0.3) is 0 Å². The van der Waals surface area contributed by atoms with E-state index in [1.54, 1.807) is 0 Å². The largest absolute Gasteiger partial charge is 0.276 e. The topological polar surface area (TPSA) is 54.5 Å². The first-order valence-electron chi connectivity index (χ1n) is 6.24. The highest BCUT2D eigenvalue weighted by atomic mass is 35.5. The van der Waals surface area contributed by atoms with Crippen molar-refractivity contribution in [3.63, 3.8) is 0 Å². The highest BCUT2D eigenvalue weighted by Gasteiger charge is 2.30. The lowest BCUT2D eigenvalue weighted by Gasteiger charge is -2.32. The minimum atomic E-state index is -3.47. The van der Waals surface area contributed by atoms with E-state index in [1.165, 1.54) is 28.6 Å². The van der Waals surface area contributed by atoms with Gasteiger partial charge in [-0.3, -0.25) is 4.79 Å². The molecule has 1 aliphatic heterocycles. The number of carbonyl (C=O) groups excluding carboxylic acids is 1. The Morgan fingerprint density at radius 2 is 1.89 bits per heavy atom. The van der Waals surface area contributed by atoms with E-state index in [-0.39, 0.29) is 10.9 Å². The smallest absolute Gasteiger partial charge is 0.252 e. The Morgan fingerprint density at radius 1 is 1.26 bits per heavy atom. The Morgan fingerprint density at radius 3 is 2.42 bits per heavy atom.